The zero-order chi connectivity index (χ0) is 13.1. The topological polar surface area (TPSA) is 51.4 Å². The average molecular weight is 249 g/mol. The maximum absolute atomic E-state index is 5.80. The van der Waals surface area contributed by atoms with Crippen molar-refractivity contribution in [3.8, 4) is 0 Å². The number of methoxy groups -OCH3 is 1. The van der Waals surface area contributed by atoms with Crippen molar-refractivity contribution in [3.05, 3.63) is 23.4 Å². The molecule has 0 aliphatic carbocycles. The van der Waals surface area contributed by atoms with Crippen LogP contribution in [0.5, 0.6) is 0 Å². The number of piperidine rings is 1. The van der Waals surface area contributed by atoms with Crippen molar-refractivity contribution in [2.75, 3.05) is 25.1 Å². The molecule has 4 heteroatoms. The van der Waals surface area contributed by atoms with Crippen molar-refractivity contribution < 1.29 is 4.74 Å². The maximum atomic E-state index is 5.80. The van der Waals surface area contributed by atoms with Gasteiger partial charge in [-0.3, -0.25) is 0 Å². The maximum Gasteiger partial charge on any atom is 0.133 e. The molecule has 0 aromatic carbocycles. The zero-order valence-electron chi connectivity index (χ0n) is 11.5. The summed E-state index contributed by atoms with van der Waals surface area (Å²) in [7, 11) is 1.79. The molecule has 1 aliphatic heterocycles. The molecule has 2 rings (SSSR count). The lowest BCUT2D eigenvalue weighted by atomic mass is 9.95. The highest BCUT2D eigenvalue weighted by atomic mass is 16.5. The van der Waals surface area contributed by atoms with Gasteiger partial charge in [0.05, 0.1) is 6.10 Å². The summed E-state index contributed by atoms with van der Waals surface area (Å²) in [6.07, 6.45) is 1.42. The minimum absolute atomic E-state index is 0.284. The van der Waals surface area contributed by atoms with Crippen molar-refractivity contribution in [3.63, 3.8) is 0 Å². The summed E-state index contributed by atoms with van der Waals surface area (Å²) in [5.41, 5.74) is 7.96. The quantitative estimate of drug-likeness (QED) is 0.886. The Morgan fingerprint density at radius 3 is 2.94 bits per heavy atom. The zero-order valence-corrected chi connectivity index (χ0v) is 11.5. The van der Waals surface area contributed by atoms with Gasteiger partial charge in [0.2, 0.25) is 0 Å². The van der Waals surface area contributed by atoms with E-state index >= 15 is 0 Å². The molecule has 2 N–H and O–H groups in total. The lowest BCUT2D eigenvalue weighted by molar-refractivity contribution is 0.0496. The Bertz CT molecular complexity index is 408. The van der Waals surface area contributed by atoms with Gasteiger partial charge in [0, 0.05) is 38.0 Å². The summed E-state index contributed by atoms with van der Waals surface area (Å²) in [6, 6.07) is 4.10. The summed E-state index contributed by atoms with van der Waals surface area (Å²) in [4.78, 5) is 6.96. The van der Waals surface area contributed by atoms with E-state index in [0.717, 1.165) is 36.6 Å². The van der Waals surface area contributed by atoms with E-state index in [0.29, 0.717) is 12.5 Å². The van der Waals surface area contributed by atoms with Crippen LogP contribution in [0.25, 0.3) is 0 Å². The van der Waals surface area contributed by atoms with Gasteiger partial charge in [-0.05, 0) is 25.3 Å². The van der Waals surface area contributed by atoms with Gasteiger partial charge in [-0.1, -0.05) is 13.0 Å². The van der Waals surface area contributed by atoms with Gasteiger partial charge in [-0.2, -0.15) is 0 Å². The summed E-state index contributed by atoms with van der Waals surface area (Å²) in [5, 5.41) is 0. The standard InChI is InChI=1S/C14H23N3O/c1-10-6-7-17(9-13(10)18-3)14-12(8-15)5-4-11(2)16-14/h4-5,10,13H,6-9,15H2,1-3H3. The van der Waals surface area contributed by atoms with E-state index in [4.69, 9.17) is 10.5 Å². The van der Waals surface area contributed by atoms with Crippen LogP contribution in [0, 0.1) is 12.8 Å². The van der Waals surface area contributed by atoms with Crippen LogP contribution in [0.1, 0.15) is 24.6 Å². The highest BCUT2D eigenvalue weighted by molar-refractivity contribution is 5.48. The van der Waals surface area contributed by atoms with Crippen LogP contribution in [0.2, 0.25) is 0 Å². The van der Waals surface area contributed by atoms with Gasteiger partial charge in [0.25, 0.3) is 0 Å². The van der Waals surface area contributed by atoms with E-state index in [1.54, 1.807) is 7.11 Å². The van der Waals surface area contributed by atoms with E-state index in [-0.39, 0.29) is 6.10 Å². The van der Waals surface area contributed by atoms with E-state index in [1.165, 1.54) is 0 Å². The lowest BCUT2D eigenvalue weighted by Crippen LogP contribution is -2.44. The second kappa shape index (κ2) is 5.67. The van der Waals surface area contributed by atoms with Crippen molar-refractivity contribution >= 4 is 5.82 Å². The number of nitrogens with zero attached hydrogens (tertiary/aromatic N) is 2. The minimum Gasteiger partial charge on any atom is -0.379 e. The third-order valence-electron chi connectivity index (χ3n) is 3.81. The van der Waals surface area contributed by atoms with E-state index in [9.17, 15) is 0 Å². The highest BCUT2D eigenvalue weighted by Crippen LogP contribution is 2.26. The van der Waals surface area contributed by atoms with E-state index in [1.807, 2.05) is 13.0 Å². The third-order valence-corrected chi connectivity index (χ3v) is 3.81. The molecule has 1 aromatic rings. The highest BCUT2D eigenvalue weighted by Gasteiger charge is 2.27. The fraction of sp³-hybridized carbons (Fsp3) is 0.643. The number of aryl methyl sites for hydroxylation is 1. The van der Waals surface area contributed by atoms with Gasteiger partial charge >= 0.3 is 0 Å². The second-order valence-electron chi connectivity index (χ2n) is 5.13. The number of hydrogen-bond donors (Lipinski definition) is 1. The molecule has 1 fully saturated rings. The Balaban J connectivity index is 2.23. The molecule has 100 valence electrons. The fourth-order valence-corrected chi connectivity index (χ4v) is 2.54. The second-order valence-corrected chi connectivity index (χ2v) is 5.13. The Morgan fingerprint density at radius 1 is 1.50 bits per heavy atom. The Hall–Kier alpha value is -1.13. The molecule has 2 unspecified atom stereocenters. The largest absolute Gasteiger partial charge is 0.379 e. The SMILES string of the molecule is COC1CN(c2nc(C)ccc2CN)CCC1C. The number of rotatable bonds is 3. The molecule has 1 aliphatic rings. The molecule has 1 aromatic heterocycles. The smallest absolute Gasteiger partial charge is 0.133 e. The summed E-state index contributed by atoms with van der Waals surface area (Å²) < 4.78 is 5.56. The molecular formula is C14H23N3O. The molecule has 4 nitrogen and oxygen atoms in total. The number of anilines is 1. The molecule has 2 atom stereocenters. The number of nitrogens with two attached hydrogens (primary N) is 1. The van der Waals surface area contributed by atoms with Crippen molar-refractivity contribution in [1.29, 1.82) is 0 Å². The molecule has 18 heavy (non-hydrogen) atoms. The van der Waals surface area contributed by atoms with Crippen molar-refractivity contribution in [2.24, 2.45) is 11.7 Å². The lowest BCUT2D eigenvalue weighted by Gasteiger charge is -2.37. The summed E-state index contributed by atoms with van der Waals surface area (Å²) in [6.45, 7) is 6.74. The average Bonchev–Trinajstić information content (AvgIpc) is 2.39. The monoisotopic (exact) mass is 249 g/mol. The van der Waals surface area contributed by atoms with Gasteiger partial charge < -0.3 is 15.4 Å². The van der Waals surface area contributed by atoms with Crippen LogP contribution in [0.15, 0.2) is 12.1 Å². The number of aromatic nitrogens is 1. The Kier molecular flexibility index (Phi) is 4.19. The van der Waals surface area contributed by atoms with Gasteiger partial charge in [-0.25, -0.2) is 4.98 Å². The van der Waals surface area contributed by atoms with Gasteiger partial charge in [0.15, 0.2) is 0 Å². The predicted octanol–water partition coefficient (Wildman–Crippen LogP) is 1.71. The van der Waals surface area contributed by atoms with Crippen LogP contribution >= 0.6 is 0 Å². The molecule has 0 radical (unpaired) electrons. The molecule has 0 amide bonds. The normalized spacial score (nSPS) is 24.3. The molecule has 0 spiro atoms. The van der Waals surface area contributed by atoms with E-state index in [2.05, 4.69) is 22.9 Å². The van der Waals surface area contributed by atoms with Crippen molar-refractivity contribution in [1.82, 2.24) is 4.98 Å². The molecule has 2 heterocycles. The van der Waals surface area contributed by atoms with Gasteiger partial charge in [0.1, 0.15) is 5.82 Å². The van der Waals surface area contributed by atoms with Crippen LogP contribution in [0.3, 0.4) is 0 Å². The first-order valence-electron chi connectivity index (χ1n) is 6.60. The van der Waals surface area contributed by atoms with Crippen LogP contribution in [-0.4, -0.2) is 31.3 Å². The molecular weight excluding hydrogens is 226 g/mol. The first-order chi connectivity index (χ1) is 8.65. The molecule has 0 bridgehead atoms. The summed E-state index contributed by atoms with van der Waals surface area (Å²) in [5.74, 6) is 1.64. The minimum atomic E-state index is 0.284. The Morgan fingerprint density at radius 2 is 2.28 bits per heavy atom. The summed E-state index contributed by atoms with van der Waals surface area (Å²) >= 11 is 0. The first-order valence-corrected chi connectivity index (χ1v) is 6.60. The van der Waals surface area contributed by atoms with Gasteiger partial charge in [-0.15, -0.1) is 0 Å². The van der Waals surface area contributed by atoms with E-state index < -0.39 is 0 Å². The van der Waals surface area contributed by atoms with Crippen LogP contribution < -0.4 is 10.6 Å². The van der Waals surface area contributed by atoms with Crippen molar-refractivity contribution in [2.45, 2.75) is 32.9 Å². The Labute approximate surface area is 109 Å². The first kappa shape index (κ1) is 13.3. The molecule has 0 saturated carbocycles. The number of hydrogen-bond acceptors (Lipinski definition) is 4. The predicted molar refractivity (Wildman–Crippen MR) is 73.7 cm³/mol. The van der Waals surface area contributed by atoms with Crippen LogP contribution in [0.4, 0.5) is 5.82 Å². The fourth-order valence-electron chi connectivity index (χ4n) is 2.54. The molecule has 1 saturated heterocycles. The number of ether oxygens (including phenoxy) is 1. The number of pyridine rings is 1. The third kappa shape index (κ3) is 2.65. The van der Waals surface area contributed by atoms with Crippen LogP contribution in [-0.2, 0) is 11.3 Å².